The molecule has 0 aliphatic carbocycles. The lowest BCUT2D eigenvalue weighted by atomic mass is 10.2. The van der Waals surface area contributed by atoms with E-state index in [0.29, 0.717) is 48.4 Å². The third kappa shape index (κ3) is 6.74. The van der Waals surface area contributed by atoms with Crippen molar-refractivity contribution < 1.29 is 23.7 Å². The summed E-state index contributed by atoms with van der Waals surface area (Å²) in [5.74, 6) is 1.87. The normalized spacial score (nSPS) is 10.7. The fourth-order valence-electron chi connectivity index (χ4n) is 3.10. The Morgan fingerprint density at radius 2 is 1.71 bits per heavy atom. The van der Waals surface area contributed by atoms with E-state index in [1.54, 1.807) is 24.3 Å². The molecule has 8 heteroatoms. The Balaban J connectivity index is 1.67. The number of nitrogens with one attached hydrogen (secondary N) is 1. The van der Waals surface area contributed by atoms with Gasteiger partial charge in [-0.2, -0.15) is 5.10 Å². The van der Waals surface area contributed by atoms with Crippen LogP contribution in [0.4, 0.5) is 0 Å². The topological polar surface area (TPSA) is 78.4 Å². The minimum atomic E-state index is -0.376. The lowest BCUT2D eigenvalue weighted by Crippen LogP contribution is -2.17. The van der Waals surface area contributed by atoms with Crippen LogP contribution in [0.25, 0.3) is 0 Å². The van der Waals surface area contributed by atoms with E-state index in [9.17, 15) is 4.79 Å². The molecule has 0 heterocycles. The summed E-state index contributed by atoms with van der Waals surface area (Å²) >= 11 is 3.50. The summed E-state index contributed by atoms with van der Waals surface area (Å²) in [7, 11) is 1.53. The van der Waals surface area contributed by atoms with Crippen molar-refractivity contribution in [3.63, 3.8) is 0 Å². The number of hydrogen-bond acceptors (Lipinski definition) is 6. The first-order chi connectivity index (χ1) is 16.5. The van der Waals surface area contributed by atoms with Crippen molar-refractivity contribution in [2.24, 2.45) is 5.10 Å². The number of carbonyl (C=O) groups is 1. The first-order valence-corrected chi connectivity index (χ1v) is 11.6. The molecule has 0 unspecified atom stereocenters. The molecule has 0 saturated carbocycles. The third-order valence-corrected chi connectivity index (χ3v) is 5.25. The molecule has 3 rings (SSSR count). The van der Waals surface area contributed by atoms with Crippen molar-refractivity contribution in [3.05, 3.63) is 81.8 Å². The zero-order valence-electron chi connectivity index (χ0n) is 19.3. The minimum Gasteiger partial charge on any atom is -0.493 e. The Morgan fingerprint density at radius 3 is 2.41 bits per heavy atom. The summed E-state index contributed by atoms with van der Waals surface area (Å²) in [5.41, 5.74) is 4.70. The van der Waals surface area contributed by atoms with Gasteiger partial charge in [-0.25, -0.2) is 5.43 Å². The van der Waals surface area contributed by atoms with Crippen LogP contribution >= 0.6 is 15.9 Å². The molecule has 0 radical (unpaired) electrons. The van der Waals surface area contributed by atoms with Gasteiger partial charge >= 0.3 is 0 Å². The van der Waals surface area contributed by atoms with E-state index in [-0.39, 0.29) is 5.91 Å². The molecular formula is C26H27BrN2O5. The fourth-order valence-corrected chi connectivity index (χ4v) is 3.68. The standard InChI is InChI=1S/C26H27BrN2O5/c1-4-32-24-14-19(13-21(27)25(24)33-5-2)16-28-29-26(30)20-11-12-22(23(15-20)31-3)34-17-18-9-7-6-8-10-18/h6-16H,4-5,17H2,1-3H3,(H,29,30)/b28-16+. The van der Waals surface area contributed by atoms with Crippen LogP contribution in [-0.2, 0) is 6.61 Å². The van der Waals surface area contributed by atoms with E-state index in [1.807, 2.05) is 50.2 Å². The fraction of sp³-hybridized carbons (Fsp3) is 0.231. The number of methoxy groups -OCH3 is 1. The number of nitrogens with zero attached hydrogens (tertiary/aromatic N) is 1. The molecule has 0 bridgehead atoms. The molecule has 0 spiro atoms. The molecule has 34 heavy (non-hydrogen) atoms. The molecule has 0 aliphatic rings. The van der Waals surface area contributed by atoms with Gasteiger partial charge < -0.3 is 18.9 Å². The van der Waals surface area contributed by atoms with E-state index in [4.69, 9.17) is 18.9 Å². The number of carbonyl (C=O) groups excluding carboxylic acids is 1. The van der Waals surface area contributed by atoms with Crippen LogP contribution in [-0.4, -0.2) is 32.4 Å². The maximum absolute atomic E-state index is 12.6. The Bertz CT molecular complexity index is 1140. The number of hydrazone groups is 1. The zero-order valence-corrected chi connectivity index (χ0v) is 20.9. The van der Waals surface area contributed by atoms with Crippen LogP contribution in [0.2, 0.25) is 0 Å². The van der Waals surface area contributed by atoms with Gasteiger partial charge in [-0.15, -0.1) is 0 Å². The molecule has 0 saturated heterocycles. The van der Waals surface area contributed by atoms with Gasteiger partial charge in [-0.1, -0.05) is 30.3 Å². The smallest absolute Gasteiger partial charge is 0.271 e. The van der Waals surface area contributed by atoms with Crippen molar-refractivity contribution in [1.82, 2.24) is 5.43 Å². The molecule has 0 aromatic heterocycles. The quantitative estimate of drug-likeness (QED) is 0.260. The molecule has 7 nitrogen and oxygen atoms in total. The maximum atomic E-state index is 12.6. The number of ether oxygens (including phenoxy) is 4. The van der Waals surface area contributed by atoms with Gasteiger partial charge in [0.1, 0.15) is 6.61 Å². The average Bonchev–Trinajstić information content (AvgIpc) is 2.85. The first kappa shape index (κ1) is 25.1. The second kappa shape index (κ2) is 12.6. The number of rotatable bonds is 11. The maximum Gasteiger partial charge on any atom is 0.271 e. The van der Waals surface area contributed by atoms with Gasteiger partial charge in [0, 0.05) is 5.56 Å². The summed E-state index contributed by atoms with van der Waals surface area (Å²) in [4.78, 5) is 12.6. The van der Waals surface area contributed by atoms with Crippen molar-refractivity contribution >= 4 is 28.1 Å². The Labute approximate surface area is 207 Å². The molecule has 0 fully saturated rings. The predicted molar refractivity (Wildman–Crippen MR) is 135 cm³/mol. The highest BCUT2D eigenvalue weighted by molar-refractivity contribution is 9.10. The van der Waals surface area contributed by atoms with Crippen molar-refractivity contribution in [3.8, 4) is 23.0 Å². The summed E-state index contributed by atoms with van der Waals surface area (Å²) in [5, 5.41) is 4.08. The van der Waals surface area contributed by atoms with Crippen LogP contribution in [0.1, 0.15) is 35.3 Å². The Kier molecular flexibility index (Phi) is 9.34. The molecule has 3 aromatic carbocycles. The van der Waals surface area contributed by atoms with Crippen molar-refractivity contribution in [1.29, 1.82) is 0 Å². The van der Waals surface area contributed by atoms with Gasteiger partial charge in [0.2, 0.25) is 0 Å². The Hall–Kier alpha value is -3.52. The van der Waals surface area contributed by atoms with Crippen LogP contribution < -0.4 is 24.4 Å². The second-order valence-corrected chi connectivity index (χ2v) is 7.89. The van der Waals surface area contributed by atoms with E-state index in [0.717, 1.165) is 15.6 Å². The third-order valence-electron chi connectivity index (χ3n) is 4.66. The Morgan fingerprint density at radius 1 is 0.941 bits per heavy atom. The highest BCUT2D eigenvalue weighted by Crippen LogP contribution is 2.36. The number of halogens is 1. The van der Waals surface area contributed by atoms with Crippen LogP contribution in [0, 0.1) is 0 Å². The molecule has 1 amide bonds. The minimum absolute atomic E-state index is 0.376. The van der Waals surface area contributed by atoms with Crippen molar-refractivity contribution in [2.75, 3.05) is 20.3 Å². The molecule has 1 N–H and O–H groups in total. The van der Waals surface area contributed by atoms with Crippen LogP contribution in [0.3, 0.4) is 0 Å². The molecule has 178 valence electrons. The lowest BCUT2D eigenvalue weighted by molar-refractivity contribution is 0.0954. The van der Waals surface area contributed by atoms with Gasteiger partial charge in [0.05, 0.1) is 31.0 Å². The predicted octanol–water partition coefficient (Wildman–Crippen LogP) is 5.60. The monoisotopic (exact) mass is 526 g/mol. The highest BCUT2D eigenvalue weighted by Gasteiger charge is 2.13. The summed E-state index contributed by atoms with van der Waals surface area (Å²) < 4.78 is 23.3. The summed E-state index contributed by atoms with van der Waals surface area (Å²) in [6, 6.07) is 18.4. The van der Waals surface area contributed by atoms with Gasteiger partial charge in [-0.3, -0.25) is 4.79 Å². The van der Waals surface area contributed by atoms with Crippen LogP contribution in [0.5, 0.6) is 23.0 Å². The van der Waals surface area contributed by atoms with Crippen molar-refractivity contribution in [2.45, 2.75) is 20.5 Å². The van der Waals surface area contributed by atoms with E-state index >= 15 is 0 Å². The summed E-state index contributed by atoms with van der Waals surface area (Å²) in [6.45, 7) is 5.22. The number of benzene rings is 3. The van der Waals surface area contributed by atoms with E-state index in [2.05, 4.69) is 26.5 Å². The van der Waals surface area contributed by atoms with Gasteiger partial charge in [0.15, 0.2) is 23.0 Å². The molecular weight excluding hydrogens is 500 g/mol. The summed E-state index contributed by atoms with van der Waals surface area (Å²) in [6.07, 6.45) is 1.54. The number of hydrogen-bond donors (Lipinski definition) is 1. The average molecular weight is 527 g/mol. The van der Waals surface area contributed by atoms with E-state index < -0.39 is 0 Å². The largest absolute Gasteiger partial charge is 0.493 e. The lowest BCUT2D eigenvalue weighted by Gasteiger charge is -2.13. The van der Waals surface area contributed by atoms with Gasteiger partial charge in [-0.05, 0) is 71.2 Å². The first-order valence-electron chi connectivity index (χ1n) is 10.8. The molecule has 3 aromatic rings. The highest BCUT2D eigenvalue weighted by atomic mass is 79.9. The number of amides is 1. The molecule has 0 aliphatic heterocycles. The van der Waals surface area contributed by atoms with E-state index in [1.165, 1.54) is 13.3 Å². The van der Waals surface area contributed by atoms with Crippen LogP contribution in [0.15, 0.2) is 70.2 Å². The zero-order chi connectivity index (χ0) is 24.3. The second-order valence-electron chi connectivity index (χ2n) is 7.04. The van der Waals surface area contributed by atoms with Gasteiger partial charge in [0.25, 0.3) is 5.91 Å². The molecule has 0 atom stereocenters. The SMILES string of the molecule is CCOc1cc(/C=N/NC(=O)c2ccc(OCc3ccccc3)c(OC)c2)cc(Br)c1OCC.